The molecule has 2 aromatic heterocycles. The van der Waals surface area contributed by atoms with Crippen molar-refractivity contribution in [3.05, 3.63) is 64.2 Å². The summed E-state index contributed by atoms with van der Waals surface area (Å²) in [6.07, 6.45) is 1.89. The molecule has 0 bridgehead atoms. The molecular weight excluding hydrogens is 368 g/mol. The maximum absolute atomic E-state index is 5.63. The molecule has 3 rings (SSSR count). The first-order valence-corrected chi connectivity index (χ1v) is 9.76. The Bertz CT molecular complexity index is 983. The van der Waals surface area contributed by atoms with Crippen molar-refractivity contribution in [3.8, 4) is 0 Å². The number of aryl methyl sites for hydroxylation is 3. The zero-order valence-corrected chi connectivity index (χ0v) is 18.3. The second kappa shape index (κ2) is 8.14. The van der Waals surface area contributed by atoms with Crippen molar-refractivity contribution < 1.29 is 0 Å². The third-order valence-corrected chi connectivity index (χ3v) is 5.57. The summed E-state index contributed by atoms with van der Waals surface area (Å²) in [7, 11) is 3.94. The molecule has 1 aromatic carbocycles. The van der Waals surface area contributed by atoms with Crippen LogP contribution in [0.25, 0.3) is 0 Å². The van der Waals surface area contributed by atoms with E-state index in [9.17, 15) is 0 Å². The largest absolute Gasteiger partial charge is 0.348 e. The summed E-state index contributed by atoms with van der Waals surface area (Å²) in [4.78, 5) is 2.02. The number of anilines is 1. The van der Waals surface area contributed by atoms with Crippen molar-refractivity contribution in [2.24, 2.45) is 7.05 Å². The first kappa shape index (κ1) is 20.1. The normalized spacial score (nSPS) is 10.9. The minimum atomic E-state index is 0.671. The maximum Gasteiger partial charge on any atom is 0.173 e. The Labute approximate surface area is 172 Å². The van der Waals surface area contributed by atoms with E-state index in [2.05, 4.69) is 55.5 Å². The van der Waals surface area contributed by atoms with Gasteiger partial charge in [-0.05, 0) is 45.5 Å². The summed E-state index contributed by atoms with van der Waals surface area (Å²) in [5, 5.41) is 13.1. The molecule has 0 fully saturated rings. The number of thiocarbonyl (C=S) groups is 1. The summed E-state index contributed by atoms with van der Waals surface area (Å²) in [6, 6.07) is 8.55. The van der Waals surface area contributed by atoms with Crippen LogP contribution in [0.15, 0.2) is 30.5 Å². The molecule has 0 saturated carbocycles. The van der Waals surface area contributed by atoms with Gasteiger partial charge >= 0.3 is 0 Å². The fourth-order valence-electron chi connectivity index (χ4n) is 3.13. The fraction of sp³-hybridized carbons (Fsp3) is 0.381. The first-order chi connectivity index (χ1) is 13.3. The average molecular weight is 397 g/mol. The van der Waals surface area contributed by atoms with Gasteiger partial charge < -0.3 is 10.2 Å². The van der Waals surface area contributed by atoms with Crippen molar-refractivity contribution >= 4 is 23.0 Å². The predicted octanol–water partition coefficient (Wildman–Crippen LogP) is 3.73. The predicted molar refractivity (Wildman–Crippen MR) is 118 cm³/mol. The topological polar surface area (TPSA) is 50.9 Å². The quantitative estimate of drug-likeness (QED) is 0.666. The van der Waals surface area contributed by atoms with Crippen LogP contribution in [0.2, 0.25) is 0 Å². The third-order valence-electron chi connectivity index (χ3n) is 5.16. The SMILES string of the molecule is Cc1ccc(Cn2nc(C)c(NC(=S)N(C)Cc3cnn(C)c3C)c2C)cc1. The van der Waals surface area contributed by atoms with Gasteiger partial charge in [-0.15, -0.1) is 0 Å². The summed E-state index contributed by atoms with van der Waals surface area (Å²) in [5.74, 6) is 0. The molecule has 1 N–H and O–H groups in total. The second-order valence-corrected chi connectivity index (χ2v) is 7.74. The van der Waals surface area contributed by atoms with Gasteiger partial charge in [0.25, 0.3) is 0 Å². The lowest BCUT2D eigenvalue weighted by atomic mass is 10.1. The van der Waals surface area contributed by atoms with Crippen molar-refractivity contribution in [1.82, 2.24) is 24.5 Å². The molecule has 0 atom stereocenters. The minimum absolute atomic E-state index is 0.671. The van der Waals surface area contributed by atoms with Crippen molar-refractivity contribution in [2.75, 3.05) is 12.4 Å². The van der Waals surface area contributed by atoms with E-state index >= 15 is 0 Å². The Morgan fingerprint density at radius 1 is 1.11 bits per heavy atom. The van der Waals surface area contributed by atoms with Crippen LogP contribution < -0.4 is 5.32 Å². The van der Waals surface area contributed by atoms with Crippen LogP contribution in [0.1, 0.15) is 33.8 Å². The molecule has 0 radical (unpaired) electrons. The Hall–Kier alpha value is -2.67. The van der Waals surface area contributed by atoms with Crippen molar-refractivity contribution in [3.63, 3.8) is 0 Å². The van der Waals surface area contributed by atoms with Gasteiger partial charge in [-0.2, -0.15) is 10.2 Å². The second-order valence-electron chi connectivity index (χ2n) is 7.35. The smallest absolute Gasteiger partial charge is 0.173 e. The number of rotatable bonds is 5. The van der Waals surface area contributed by atoms with Crippen molar-refractivity contribution in [2.45, 2.75) is 40.8 Å². The van der Waals surface area contributed by atoms with Gasteiger partial charge in [-0.1, -0.05) is 29.8 Å². The molecular formula is C21H28N6S. The van der Waals surface area contributed by atoms with Crippen LogP contribution in [-0.4, -0.2) is 36.6 Å². The Morgan fingerprint density at radius 3 is 2.39 bits per heavy atom. The Morgan fingerprint density at radius 2 is 1.79 bits per heavy atom. The monoisotopic (exact) mass is 396 g/mol. The van der Waals surface area contributed by atoms with E-state index in [1.165, 1.54) is 11.1 Å². The van der Waals surface area contributed by atoms with Crippen molar-refractivity contribution in [1.29, 1.82) is 0 Å². The lowest BCUT2D eigenvalue weighted by Crippen LogP contribution is -2.31. The lowest BCUT2D eigenvalue weighted by molar-refractivity contribution is 0.506. The lowest BCUT2D eigenvalue weighted by Gasteiger charge is -2.21. The van der Waals surface area contributed by atoms with Gasteiger partial charge in [0.2, 0.25) is 0 Å². The molecule has 2 heterocycles. The average Bonchev–Trinajstić information content (AvgIpc) is 3.11. The minimum Gasteiger partial charge on any atom is -0.348 e. The molecule has 7 heteroatoms. The van der Waals surface area contributed by atoms with E-state index in [0.29, 0.717) is 11.7 Å². The number of hydrogen-bond donors (Lipinski definition) is 1. The number of nitrogens with one attached hydrogen (secondary N) is 1. The highest BCUT2D eigenvalue weighted by Gasteiger charge is 2.16. The molecule has 0 spiro atoms. The van der Waals surface area contributed by atoms with Gasteiger partial charge in [0.15, 0.2) is 5.11 Å². The molecule has 0 aliphatic carbocycles. The molecule has 3 aromatic rings. The van der Waals surface area contributed by atoms with E-state index in [4.69, 9.17) is 17.3 Å². The standard InChI is InChI=1S/C21H28N6S/c1-14-7-9-18(10-8-14)12-27-17(4)20(15(2)24-27)23-21(28)25(5)13-19-11-22-26(6)16(19)3/h7-11H,12-13H2,1-6H3,(H,23,28). The van der Waals surface area contributed by atoms with Gasteiger partial charge in [0.1, 0.15) is 0 Å². The summed E-state index contributed by atoms with van der Waals surface area (Å²) in [5.41, 5.74) is 7.80. The Kier molecular flexibility index (Phi) is 5.84. The maximum atomic E-state index is 5.63. The van der Waals surface area contributed by atoms with Crippen LogP contribution in [0.5, 0.6) is 0 Å². The molecule has 0 aliphatic heterocycles. The van der Waals surface area contributed by atoms with Crippen LogP contribution in [-0.2, 0) is 20.1 Å². The van der Waals surface area contributed by atoms with Crippen LogP contribution >= 0.6 is 12.2 Å². The zero-order valence-electron chi connectivity index (χ0n) is 17.4. The molecule has 0 aliphatic rings. The van der Waals surface area contributed by atoms with E-state index in [1.807, 2.05) is 41.5 Å². The number of benzene rings is 1. The molecule has 28 heavy (non-hydrogen) atoms. The zero-order chi connectivity index (χ0) is 20.4. The van der Waals surface area contributed by atoms with E-state index in [-0.39, 0.29) is 0 Å². The highest BCUT2D eigenvalue weighted by Crippen LogP contribution is 2.21. The van der Waals surface area contributed by atoms with E-state index < -0.39 is 0 Å². The van der Waals surface area contributed by atoms with E-state index in [1.54, 1.807) is 0 Å². The molecule has 6 nitrogen and oxygen atoms in total. The molecule has 0 saturated heterocycles. The summed E-state index contributed by atoms with van der Waals surface area (Å²) in [6.45, 7) is 9.70. The first-order valence-electron chi connectivity index (χ1n) is 9.35. The van der Waals surface area contributed by atoms with Gasteiger partial charge in [-0.25, -0.2) is 0 Å². The molecule has 148 valence electrons. The Balaban J connectivity index is 1.71. The number of nitrogens with zero attached hydrogens (tertiary/aromatic N) is 5. The highest BCUT2D eigenvalue weighted by atomic mass is 32.1. The fourth-order valence-corrected chi connectivity index (χ4v) is 3.29. The van der Waals surface area contributed by atoms with Gasteiger partial charge in [0.05, 0.1) is 29.8 Å². The third kappa shape index (κ3) is 4.25. The van der Waals surface area contributed by atoms with Crippen LogP contribution in [0.4, 0.5) is 5.69 Å². The molecule has 0 amide bonds. The number of hydrogen-bond acceptors (Lipinski definition) is 3. The van der Waals surface area contributed by atoms with Gasteiger partial charge in [-0.3, -0.25) is 9.36 Å². The number of aromatic nitrogens is 4. The van der Waals surface area contributed by atoms with Crippen LogP contribution in [0.3, 0.4) is 0 Å². The van der Waals surface area contributed by atoms with Gasteiger partial charge in [0, 0.05) is 31.9 Å². The van der Waals surface area contributed by atoms with Crippen LogP contribution in [0, 0.1) is 27.7 Å². The summed E-state index contributed by atoms with van der Waals surface area (Å²) >= 11 is 5.63. The molecule has 0 unspecified atom stereocenters. The highest BCUT2D eigenvalue weighted by molar-refractivity contribution is 7.80. The van der Waals surface area contributed by atoms with E-state index in [0.717, 1.165) is 34.9 Å². The summed E-state index contributed by atoms with van der Waals surface area (Å²) < 4.78 is 3.90.